The van der Waals surface area contributed by atoms with Gasteiger partial charge >= 0.3 is 0 Å². The Morgan fingerprint density at radius 1 is 0.814 bits per heavy atom. The molecule has 4 aromatic carbocycles. The molecule has 0 aliphatic heterocycles. The van der Waals surface area contributed by atoms with Crippen LogP contribution in [0.4, 0.5) is 5.69 Å². The minimum absolute atomic E-state index is 0.0741. The van der Waals surface area contributed by atoms with Crippen LogP contribution in [0.25, 0.3) is 0 Å². The molecule has 0 spiro atoms. The average molecular weight is 663 g/mol. The molecule has 0 saturated heterocycles. The highest BCUT2D eigenvalue weighted by Gasteiger charge is 2.34. The molecule has 4 aromatic rings. The van der Waals surface area contributed by atoms with Crippen LogP contribution in [0.2, 0.25) is 0 Å². The molecule has 0 bridgehead atoms. The lowest BCUT2D eigenvalue weighted by Gasteiger charge is -2.34. The van der Waals surface area contributed by atoms with E-state index in [1.54, 1.807) is 30.3 Å². The molecule has 0 heterocycles. The van der Waals surface area contributed by atoms with Gasteiger partial charge in [-0.2, -0.15) is 0 Å². The SMILES string of the molecule is CCNC(=O)C(Cc1ccccc1)N(Cc1ccc(Br)cc1)C(=O)CN(c1ccc(C)c(C)c1)S(=O)(=O)c1ccccc1. The second kappa shape index (κ2) is 14.5. The van der Waals surface area contributed by atoms with Crippen molar-refractivity contribution in [3.8, 4) is 0 Å². The lowest BCUT2D eigenvalue weighted by molar-refractivity contribution is -0.140. The van der Waals surface area contributed by atoms with Gasteiger partial charge in [0, 0.05) is 24.0 Å². The topological polar surface area (TPSA) is 86.8 Å². The number of likely N-dealkylation sites (N-methyl/N-ethyl adjacent to an activating group) is 1. The van der Waals surface area contributed by atoms with Gasteiger partial charge in [-0.1, -0.05) is 82.7 Å². The average Bonchev–Trinajstić information content (AvgIpc) is 3.01. The summed E-state index contributed by atoms with van der Waals surface area (Å²) in [7, 11) is -4.13. The second-order valence-corrected chi connectivity index (χ2v) is 13.1. The number of hydrogen-bond acceptors (Lipinski definition) is 4. The molecule has 7 nitrogen and oxygen atoms in total. The lowest BCUT2D eigenvalue weighted by Crippen LogP contribution is -2.53. The Balaban J connectivity index is 1.80. The molecular formula is C34H36BrN3O4S. The van der Waals surface area contributed by atoms with Crippen molar-refractivity contribution in [1.82, 2.24) is 10.2 Å². The molecule has 43 heavy (non-hydrogen) atoms. The largest absolute Gasteiger partial charge is 0.355 e. The van der Waals surface area contributed by atoms with Crippen LogP contribution >= 0.6 is 15.9 Å². The van der Waals surface area contributed by atoms with Crippen molar-refractivity contribution in [3.05, 3.63) is 130 Å². The van der Waals surface area contributed by atoms with Crippen molar-refractivity contribution in [1.29, 1.82) is 0 Å². The van der Waals surface area contributed by atoms with Crippen LogP contribution in [-0.2, 0) is 32.6 Å². The van der Waals surface area contributed by atoms with Crippen molar-refractivity contribution in [2.24, 2.45) is 0 Å². The molecule has 0 aromatic heterocycles. The van der Waals surface area contributed by atoms with Gasteiger partial charge in [-0.05, 0) is 79.4 Å². The fourth-order valence-corrected chi connectivity index (χ4v) is 6.45. The van der Waals surface area contributed by atoms with Gasteiger partial charge in [0.05, 0.1) is 10.6 Å². The van der Waals surface area contributed by atoms with Crippen LogP contribution in [0.5, 0.6) is 0 Å². The second-order valence-electron chi connectivity index (χ2n) is 10.3. The summed E-state index contributed by atoms with van der Waals surface area (Å²) in [6.07, 6.45) is 0.268. The molecule has 224 valence electrons. The van der Waals surface area contributed by atoms with Gasteiger partial charge in [-0.25, -0.2) is 8.42 Å². The van der Waals surface area contributed by atoms with E-state index < -0.39 is 28.5 Å². The minimum atomic E-state index is -4.13. The first-order valence-electron chi connectivity index (χ1n) is 14.1. The number of rotatable bonds is 12. The van der Waals surface area contributed by atoms with Crippen LogP contribution in [0, 0.1) is 13.8 Å². The molecule has 2 amide bonds. The van der Waals surface area contributed by atoms with Crippen LogP contribution in [0.15, 0.2) is 112 Å². The fourth-order valence-electron chi connectivity index (χ4n) is 4.76. The summed E-state index contributed by atoms with van der Waals surface area (Å²) in [4.78, 5) is 29.5. The van der Waals surface area contributed by atoms with E-state index in [0.29, 0.717) is 12.2 Å². The number of benzene rings is 4. The number of sulfonamides is 1. The first-order chi connectivity index (χ1) is 20.6. The van der Waals surface area contributed by atoms with Crippen LogP contribution in [0.3, 0.4) is 0 Å². The zero-order chi connectivity index (χ0) is 31.0. The number of aryl methyl sites for hydroxylation is 2. The van der Waals surface area contributed by atoms with E-state index in [-0.39, 0.29) is 23.8 Å². The number of amides is 2. The van der Waals surface area contributed by atoms with Crippen molar-refractivity contribution < 1.29 is 18.0 Å². The molecule has 0 radical (unpaired) electrons. The van der Waals surface area contributed by atoms with Crippen molar-refractivity contribution in [2.75, 3.05) is 17.4 Å². The quantitative estimate of drug-likeness (QED) is 0.201. The molecule has 0 fully saturated rings. The zero-order valence-electron chi connectivity index (χ0n) is 24.5. The van der Waals surface area contributed by atoms with Gasteiger partial charge in [0.2, 0.25) is 11.8 Å². The van der Waals surface area contributed by atoms with Crippen molar-refractivity contribution in [3.63, 3.8) is 0 Å². The molecule has 0 saturated carbocycles. The van der Waals surface area contributed by atoms with E-state index in [0.717, 1.165) is 31.0 Å². The lowest BCUT2D eigenvalue weighted by atomic mass is 10.0. The number of carbonyl (C=O) groups is 2. The molecule has 1 unspecified atom stereocenters. The summed E-state index contributed by atoms with van der Waals surface area (Å²) >= 11 is 3.45. The van der Waals surface area contributed by atoms with E-state index in [4.69, 9.17) is 0 Å². The highest BCUT2D eigenvalue weighted by Crippen LogP contribution is 2.27. The number of carbonyl (C=O) groups excluding carboxylic acids is 2. The van der Waals surface area contributed by atoms with Crippen molar-refractivity contribution in [2.45, 2.75) is 44.7 Å². The van der Waals surface area contributed by atoms with Gasteiger partial charge in [0.1, 0.15) is 12.6 Å². The van der Waals surface area contributed by atoms with Crippen molar-refractivity contribution >= 4 is 43.5 Å². The summed E-state index contributed by atoms with van der Waals surface area (Å²) in [5.41, 5.74) is 3.97. The van der Waals surface area contributed by atoms with Gasteiger partial charge in [-0.15, -0.1) is 0 Å². The number of nitrogens with one attached hydrogen (secondary N) is 1. The summed E-state index contributed by atoms with van der Waals surface area (Å²) in [6, 6.07) is 29.5. The van der Waals surface area contributed by atoms with Crippen LogP contribution in [0.1, 0.15) is 29.2 Å². The van der Waals surface area contributed by atoms with Crippen LogP contribution < -0.4 is 9.62 Å². The number of halogens is 1. The summed E-state index contributed by atoms with van der Waals surface area (Å²) in [5.74, 6) is -0.798. The Kier molecular flexibility index (Phi) is 10.8. The van der Waals surface area contributed by atoms with E-state index >= 15 is 0 Å². The molecule has 1 N–H and O–H groups in total. The van der Waals surface area contributed by atoms with Gasteiger partial charge < -0.3 is 10.2 Å². The van der Waals surface area contributed by atoms with E-state index in [1.165, 1.54) is 17.0 Å². The predicted octanol–water partition coefficient (Wildman–Crippen LogP) is 6.04. The molecule has 4 rings (SSSR count). The number of nitrogens with zero attached hydrogens (tertiary/aromatic N) is 2. The summed E-state index contributed by atoms with van der Waals surface area (Å²) in [5, 5.41) is 2.88. The first-order valence-corrected chi connectivity index (χ1v) is 16.3. The molecule has 0 aliphatic rings. The Labute approximate surface area is 262 Å². The first kappa shape index (κ1) is 32.0. The maximum Gasteiger partial charge on any atom is 0.264 e. The molecule has 1 atom stereocenters. The molecular weight excluding hydrogens is 626 g/mol. The maximum absolute atomic E-state index is 14.4. The summed E-state index contributed by atoms with van der Waals surface area (Å²) < 4.78 is 30.1. The Hall–Kier alpha value is -3.95. The normalized spacial score (nSPS) is 11.9. The Morgan fingerprint density at radius 3 is 2.05 bits per heavy atom. The Morgan fingerprint density at radius 2 is 1.44 bits per heavy atom. The third-order valence-corrected chi connectivity index (χ3v) is 9.59. The fraction of sp³-hybridized carbons (Fsp3) is 0.235. The standard InChI is InChI=1S/C34H36BrN3O4S/c1-4-36-34(40)32(22-27-11-7-5-8-12-27)37(23-28-16-18-29(35)19-17-28)33(39)24-38(30-20-15-25(2)26(3)21-30)43(41,42)31-13-9-6-10-14-31/h5-21,32H,4,22-24H2,1-3H3,(H,36,40). The Bertz CT molecular complexity index is 1650. The zero-order valence-corrected chi connectivity index (χ0v) is 26.9. The van der Waals surface area contributed by atoms with E-state index in [1.807, 2.05) is 81.4 Å². The third-order valence-electron chi connectivity index (χ3n) is 7.28. The maximum atomic E-state index is 14.4. The molecule has 9 heteroatoms. The number of anilines is 1. The predicted molar refractivity (Wildman–Crippen MR) is 174 cm³/mol. The van der Waals surface area contributed by atoms with E-state index in [2.05, 4.69) is 21.2 Å². The highest BCUT2D eigenvalue weighted by atomic mass is 79.9. The smallest absolute Gasteiger partial charge is 0.264 e. The van der Waals surface area contributed by atoms with Gasteiger partial charge in [0.15, 0.2) is 0 Å². The van der Waals surface area contributed by atoms with Gasteiger partial charge in [0.25, 0.3) is 10.0 Å². The number of hydrogen-bond donors (Lipinski definition) is 1. The third kappa shape index (κ3) is 8.12. The molecule has 0 aliphatic carbocycles. The van der Waals surface area contributed by atoms with E-state index in [9.17, 15) is 18.0 Å². The van der Waals surface area contributed by atoms with Crippen LogP contribution in [-0.4, -0.2) is 44.3 Å². The minimum Gasteiger partial charge on any atom is -0.355 e. The highest BCUT2D eigenvalue weighted by molar-refractivity contribution is 9.10. The monoisotopic (exact) mass is 661 g/mol. The summed E-state index contributed by atoms with van der Waals surface area (Å²) in [6.45, 7) is 5.70. The van der Waals surface area contributed by atoms with Gasteiger partial charge in [-0.3, -0.25) is 13.9 Å².